The molecule has 0 aliphatic heterocycles. The minimum absolute atomic E-state index is 0.0588. The van der Waals surface area contributed by atoms with Crippen LogP contribution in [0.2, 0.25) is 0 Å². The Labute approximate surface area is 111 Å². The summed E-state index contributed by atoms with van der Waals surface area (Å²) in [6, 6.07) is 6.59. The Morgan fingerprint density at radius 2 is 1.78 bits per heavy atom. The highest BCUT2D eigenvalue weighted by Gasteiger charge is 2.22. The molecule has 102 valence electrons. The van der Waals surface area contributed by atoms with E-state index in [2.05, 4.69) is 44.4 Å². The lowest BCUT2D eigenvalue weighted by Gasteiger charge is -2.27. The summed E-state index contributed by atoms with van der Waals surface area (Å²) in [5.74, 6) is 5.74. The summed E-state index contributed by atoms with van der Waals surface area (Å²) in [5, 5.41) is 0. The van der Waals surface area contributed by atoms with Crippen LogP contribution in [-0.2, 0) is 4.74 Å². The van der Waals surface area contributed by atoms with E-state index >= 15 is 0 Å². The van der Waals surface area contributed by atoms with Crippen molar-refractivity contribution in [3.63, 3.8) is 0 Å². The number of rotatable bonds is 7. The predicted octanol–water partition coefficient (Wildman–Crippen LogP) is 3.01. The number of benzene rings is 1. The molecule has 3 N–H and O–H groups in total. The van der Waals surface area contributed by atoms with Gasteiger partial charge in [0, 0.05) is 6.61 Å². The smallest absolute Gasteiger partial charge is 0.0782 e. The van der Waals surface area contributed by atoms with Crippen molar-refractivity contribution in [2.24, 2.45) is 5.84 Å². The molecule has 0 radical (unpaired) electrons. The van der Waals surface area contributed by atoms with E-state index in [-0.39, 0.29) is 12.1 Å². The van der Waals surface area contributed by atoms with Gasteiger partial charge in [0.25, 0.3) is 0 Å². The van der Waals surface area contributed by atoms with Crippen molar-refractivity contribution in [3.05, 3.63) is 34.9 Å². The summed E-state index contributed by atoms with van der Waals surface area (Å²) >= 11 is 0. The van der Waals surface area contributed by atoms with E-state index in [0.717, 1.165) is 12.8 Å². The predicted molar refractivity (Wildman–Crippen MR) is 76.3 cm³/mol. The highest BCUT2D eigenvalue weighted by Crippen LogP contribution is 2.24. The largest absolute Gasteiger partial charge is 0.376 e. The maximum absolute atomic E-state index is 5.83. The molecule has 18 heavy (non-hydrogen) atoms. The minimum Gasteiger partial charge on any atom is -0.376 e. The van der Waals surface area contributed by atoms with Crippen molar-refractivity contribution >= 4 is 0 Å². The molecule has 0 saturated carbocycles. The third-order valence-corrected chi connectivity index (χ3v) is 3.11. The highest BCUT2D eigenvalue weighted by molar-refractivity contribution is 5.31. The molecule has 0 aromatic heterocycles. The van der Waals surface area contributed by atoms with Gasteiger partial charge in [0.05, 0.1) is 12.1 Å². The van der Waals surface area contributed by atoms with E-state index in [1.165, 1.54) is 16.7 Å². The average molecular weight is 250 g/mol. The lowest BCUT2D eigenvalue weighted by Crippen LogP contribution is -2.38. The van der Waals surface area contributed by atoms with Crippen molar-refractivity contribution in [2.75, 3.05) is 6.61 Å². The first-order chi connectivity index (χ1) is 8.62. The van der Waals surface area contributed by atoms with Crippen LogP contribution in [0.1, 0.15) is 49.4 Å². The second kappa shape index (κ2) is 7.52. The molecule has 2 atom stereocenters. The Morgan fingerprint density at radius 1 is 1.17 bits per heavy atom. The fourth-order valence-electron chi connectivity index (χ4n) is 2.45. The van der Waals surface area contributed by atoms with Crippen LogP contribution in [0.15, 0.2) is 18.2 Å². The van der Waals surface area contributed by atoms with Crippen molar-refractivity contribution in [1.29, 1.82) is 0 Å². The molecule has 0 bridgehead atoms. The van der Waals surface area contributed by atoms with Crippen LogP contribution in [0.4, 0.5) is 0 Å². The van der Waals surface area contributed by atoms with E-state index in [0.29, 0.717) is 6.61 Å². The third-order valence-electron chi connectivity index (χ3n) is 3.11. The Balaban J connectivity index is 2.97. The van der Waals surface area contributed by atoms with Crippen LogP contribution >= 0.6 is 0 Å². The van der Waals surface area contributed by atoms with E-state index in [1.807, 2.05) is 6.92 Å². The number of aryl methyl sites for hydroxylation is 2. The number of nitrogens with one attached hydrogen (secondary N) is 1. The van der Waals surface area contributed by atoms with Crippen LogP contribution < -0.4 is 11.3 Å². The zero-order valence-corrected chi connectivity index (χ0v) is 12.0. The molecule has 0 aliphatic rings. The van der Waals surface area contributed by atoms with Crippen LogP contribution in [0.3, 0.4) is 0 Å². The number of hydrogen-bond acceptors (Lipinski definition) is 3. The van der Waals surface area contributed by atoms with Crippen molar-refractivity contribution in [1.82, 2.24) is 5.43 Å². The molecule has 3 heteroatoms. The molecule has 0 aliphatic carbocycles. The molecule has 3 nitrogen and oxygen atoms in total. The minimum atomic E-state index is 0.0588. The molecule has 1 aromatic carbocycles. The van der Waals surface area contributed by atoms with Gasteiger partial charge in [-0.15, -0.1) is 0 Å². The summed E-state index contributed by atoms with van der Waals surface area (Å²) in [5.41, 5.74) is 6.65. The summed E-state index contributed by atoms with van der Waals surface area (Å²) in [6.07, 6.45) is 2.23. The summed E-state index contributed by atoms with van der Waals surface area (Å²) in [7, 11) is 0. The fraction of sp³-hybridized carbons (Fsp3) is 0.600. The maximum Gasteiger partial charge on any atom is 0.0782 e. The summed E-state index contributed by atoms with van der Waals surface area (Å²) < 4.78 is 5.83. The lowest BCUT2D eigenvalue weighted by molar-refractivity contribution is 0.0276. The van der Waals surface area contributed by atoms with Gasteiger partial charge in [0.1, 0.15) is 0 Å². The zero-order valence-electron chi connectivity index (χ0n) is 12.0. The highest BCUT2D eigenvalue weighted by atomic mass is 16.5. The van der Waals surface area contributed by atoms with E-state index in [1.54, 1.807) is 0 Å². The van der Waals surface area contributed by atoms with Gasteiger partial charge >= 0.3 is 0 Å². The van der Waals surface area contributed by atoms with Gasteiger partial charge in [-0.3, -0.25) is 11.3 Å². The molecule has 1 rings (SSSR count). The molecule has 0 fully saturated rings. The number of hydrazine groups is 1. The fourth-order valence-corrected chi connectivity index (χ4v) is 2.45. The topological polar surface area (TPSA) is 47.3 Å². The van der Waals surface area contributed by atoms with E-state index in [9.17, 15) is 0 Å². The van der Waals surface area contributed by atoms with Crippen LogP contribution in [-0.4, -0.2) is 12.7 Å². The van der Waals surface area contributed by atoms with Crippen molar-refractivity contribution in [3.8, 4) is 0 Å². The summed E-state index contributed by atoms with van der Waals surface area (Å²) in [4.78, 5) is 0. The first-order valence-corrected chi connectivity index (χ1v) is 6.78. The average Bonchev–Trinajstić information content (AvgIpc) is 2.29. The standard InChI is InChI=1S/C15H26N2O/c1-5-7-14(18-6-2)15(17-16)13-9-11(3)8-12(4)10-13/h8-10,14-15,17H,5-7,16H2,1-4H3. The number of nitrogens with two attached hydrogens (primary N) is 1. The second-order valence-corrected chi connectivity index (χ2v) is 4.85. The molecule has 0 heterocycles. The van der Waals surface area contributed by atoms with E-state index in [4.69, 9.17) is 10.6 Å². The normalized spacial score (nSPS) is 14.5. The SMILES string of the molecule is CCCC(OCC)C(NN)c1cc(C)cc(C)c1. The first kappa shape index (κ1) is 15.2. The van der Waals surface area contributed by atoms with Crippen LogP contribution in [0.5, 0.6) is 0 Å². The molecule has 0 spiro atoms. The van der Waals surface area contributed by atoms with Crippen LogP contribution in [0.25, 0.3) is 0 Å². The Bertz CT molecular complexity index is 339. The molecular formula is C15H26N2O. The number of hydrogen-bond donors (Lipinski definition) is 2. The molecule has 1 aromatic rings. The Hall–Kier alpha value is -0.900. The molecule has 0 amide bonds. The molecule has 0 saturated heterocycles. The van der Waals surface area contributed by atoms with Gasteiger partial charge < -0.3 is 4.74 Å². The first-order valence-electron chi connectivity index (χ1n) is 6.78. The van der Waals surface area contributed by atoms with Gasteiger partial charge in [-0.1, -0.05) is 42.7 Å². The van der Waals surface area contributed by atoms with Gasteiger partial charge in [-0.25, -0.2) is 0 Å². The quantitative estimate of drug-likeness (QED) is 0.577. The van der Waals surface area contributed by atoms with Gasteiger partial charge in [-0.05, 0) is 32.8 Å². The third kappa shape index (κ3) is 4.09. The molecule has 2 unspecified atom stereocenters. The van der Waals surface area contributed by atoms with Crippen molar-refractivity contribution < 1.29 is 4.74 Å². The van der Waals surface area contributed by atoms with Crippen LogP contribution in [0, 0.1) is 13.8 Å². The van der Waals surface area contributed by atoms with Gasteiger partial charge in [0.2, 0.25) is 0 Å². The number of ether oxygens (including phenoxy) is 1. The van der Waals surface area contributed by atoms with Gasteiger partial charge in [0.15, 0.2) is 0 Å². The lowest BCUT2D eigenvalue weighted by atomic mass is 9.95. The molecular weight excluding hydrogens is 224 g/mol. The monoisotopic (exact) mass is 250 g/mol. The summed E-state index contributed by atoms with van der Waals surface area (Å²) in [6.45, 7) is 9.13. The van der Waals surface area contributed by atoms with E-state index < -0.39 is 0 Å². The van der Waals surface area contributed by atoms with Gasteiger partial charge in [-0.2, -0.15) is 0 Å². The Kier molecular flexibility index (Phi) is 6.33. The van der Waals surface area contributed by atoms with Crippen molar-refractivity contribution in [2.45, 2.75) is 52.7 Å². The zero-order chi connectivity index (χ0) is 13.5. The Morgan fingerprint density at radius 3 is 2.22 bits per heavy atom. The second-order valence-electron chi connectivity index (χ2n) is 4.85. The maximum atomic E-state index is 5.83.